The zero-order valence-corrected chi connectivity index (χ0v) is 12.9. The molecule has 0 radical (unpaired) electrons. The number of nitrogens with two attached hydrogens (primary N) is 1. The molecule has 5 nitrogen and oxygen atoms in total. The van der Waals surface area contributed by atoms with Crippen molar-refractivity contribution >= 4 is 21.8 Å². The molecule has 0 saturated carbocycles. The lowest BCUT2D eigenvalue weighted by Crippen LogP contribution is -2.36. The Morgan fingerprint density at radius 2 is 2.35 bits per heavy atom. The van der Waals surface area contributed by atoms with Gasteiger partial charge in [0.25, 0.3) is 5.91 Å². The van der Waals surface area contributed by atoms with Gasteiger partial charge in [-0.05, 0) is 43.0 Å². The molecule has 6 heteroatoms. The molecule has 1 aliphatic rings. The molecular weight excluding hydrogens is 322 g/mol. The molecule has 0 bridgehead atoms. The minimum atomic E-state index is -0.296. The van der Waals surface area contributed by atoms with Crippen LogP contribution in [0.4, 0.5) is 0 Å². The molecule has 1 fully saturated rings. The smallest absolute Gasteiger partial charge is 0.265 e. The molecule has 1 aliphatic heterocycles. The van der Waals surface area contributed by atoms with Crippen LogP contribution >= 0.6 is 15.9 Å². The van der Waals surface area contributed by atoms with Gasteiger partial charge in [0.2, 0.25) is 0 Å². The van der Waals surface area contributed by atoms with Crippen LogP contribution in [-0.4, -0.2) is 35.6 Å². The summed E-state index contributed by atoms with van der Waals surface area (Å²) in [6.07, 6.45) is 2.22. The third-order valence-electron chi connectivity index (χ3n) is 3.70. The van der Waals surface area contributed by atoms with Crippen molar-refractivity contribution in [2.45, 2.75) is 19.4 Å². The molecule has 0 spiro atoms. The number of amides is 1. The maximum atomic E-state index is 11.5. The third-order valence-corrected chi connectivity index (χ3v) is 4.44. The minimum absolute atomic E-state index is 0.257. The normalized spacial score (nSPS) is 19.9. The number of aliphatic hydroxyl groups is 1. The van der Waals surface area contributed by atoms with Gasteiger partial charge in [0.15, 0.2) is 0 Å². The summed E-state index contributed by atoms with van der Waals surface area (Å²) in [4.78, 5) is 13.8. The third kappa shape index (κ3) is 3.79. The predicted molar refractivity (Wildman–Crippen MR) is 80.9 cm³/mol. The van der Waals surface area contributed by atoms with Crippen LogP contribution in [0.2, 0.25) is 0 Å². The molecule has 1 aromatic rings. The molecule has 1 unspecified atom stereocenters. The van der Waals surface area contributed by atoms with Gasteiger partial charge in [-0.2, -0.15) is 0 Å². The first kappa shape index (κ1) is 15.4. The van der Waals surface area contributed by atoms with Gasteiger partial charge in [0.05, 0.1) is 0 Å². The van der Waals surface area contributed by atoms with Crippen LogP contribution in [-0.2, 0) is 6.54 Å². The van der Waals surface area contributed by atoms with Crippen LogP contribution in [0, 0.1) is 5.92 Å². The highest BCUT2D eigenvalue weighted by atomic mass is 79.9. The number of aliphatic hydroxyl groups excluding tert-OH is 1. The summed E-state index contributed by atoms with van der Waals surface area (Å²) in [6, 6.07) is 5.50. The van der Waals surface area contributed by atoms with E-state index in [0.29, 0.717) is 11.5 Å². The standard InChI is InChI=1S/C14H20BrN3O2/c15-13-6-11(14(20)17-16)3-4-12(13)8-18-5-1-2-10(7-18)9-19/h3-4,6,10,19H,1-2,5,7-9,16H2,(H,17,20). The molecule has 20 heavy (non-hydrogen) atoms. The fourth-order valence-corrected chi connectivity index (χ4v) is 3.09. The lowest BCUT2D eigenvalue weighted by atomic mass is 9.98. The summed E-state index contributed by atoms with van der Waals surface area (Å²) in [5, 5.41) is 9.26. The van der Waals surface area contributed by atoms with Crippen molar-refractivity contribution in [2.24, 2.45) is 11.8 Å². The molecule has 0 aromatic heterocycles. The van der Waals surface area contributed by atoms with E-state index in [-0.39, 0.29) is 12.5 Å². The van der Waals surface area contributed by atoms with Gasteiger partial charge in [0.1, 0.15) is 0 Å². The summed E-state index contributed by atoms with van der Waals surface area (Å²) in [5.74, 6) is 5.21. The number of nitrogen functional groups attached to an aromatic ring is 1. The maximum Gasteiger partial charge on any atom is 0.265 e. The summed E-state index contributed by atoms with van der Waals surface area (Å²) >= 11 is 3.51. The van der Waals surface area contributed by atoms with Crippen LogP contribution in [0.3, 0.4) is 0 Å². The van der Waals surface area contributed by atoms with E-state index in [1.54, 1.807) is 12.1 Å². The topological polar surface area (TPSA) is 78.6 Å². The Morgan fingerprint density at radius 3 is 3.00 bits per heavy atom. The van der Waals surface area contributed by atoms with E-state index in [2.05, 4.69) is 26.3 Å². The molecule has 110 valence electrons. The van der Waals surface area contributed by atoms with Crippen molar-refractivity contribution in [3.05, 3.63) is 33.8 Å². The van der Waals surface area contributed by atoms with Crippen molar-refractivity contribution in [3.8, 4) is 0 Å². The number of nitrogens with one attached hydrogen (secondary N) is 1. The summed E-state index contributed by atoms with van der Waals surface area (Å²) in [6.45, 7) is 3.05. The number of nitrogens with zero attached hydrogens (tertiary/aromatic N) is 1. The molecule has 1 aromatic carbocycles. The quantitative estimate of drug-likeness (QED) is 0.437. The number of halogens is 1. The Bertz CT molecular complexity index is 481. The predicted octanol–water partition coefficient (Wildman–Crippen LogP) is 1.26. The van der Waals surface area contributed by atoms with Gasteiger partial charge in [-0.3, -0.25) is 15.1 Å². The lowest BCUT2D eigenvalue weighted by Gasteiger charge is -2.32. The first-order valence-electron chi connectivity index (χ1n) is 6.76. The first-order valence-corrected chi connectivity index (χ1v) is 7.56. The molecule has 1 heterocycles. The average molecular weight is 342 g/mol. The molecule has 4 N–H and O–H groups in total. The molecular formula is C14H20BrN3O2. The largest absolute Gasteiger partial charge is 0.396 e. The number of hydrogen-bond acceptors (Lipinski definition) is 4. The Balaban J connectivity index is 2.04. The van der Waals surface area contributed by atoms with Gasteiger partial charge in [-0.25, -0.2) is 5.84 Å². The van der Waals surface area contributed by atoms with Gasteiger partial charge in [0, 0.05) is 29.7 Å². The SMILES string of the molecule is NNC(=O)c1ccc(CN2CCCC(CO)C2)c(Br)c1. The van der Waals surface area contributed by atoms with Crippen LogP contribution in [0.5, 0.6) is 0 Å². The average Bonchev–Trinajstić information content (AvgIpc) is 2.48. The first-order chi connectivity index (χ1) is 9.63. The number of carbonyl (C=O) groups is 1. The van der Waals surface area contributed by atoms with E-state index in [9.17, 15) is 9.90 Å². The fourth-order valence-electron chi connectivity index (χ4n) is 2.58. The van der Waals surface area contributed by atoms with E-state index in [0.717, 1.165) is 42.5 Å². The number of rotatable bonds is 4. The van der Waals surface area contributed by atoms with Crippen LogP contribution in [0.1, 0.15) is 28.8 Å². The molecule has 1 amide bonds. The van der Waals surface area contributed by atoms with Gasteiger partial charge in [-0.15, -0.1) is 0 Å². The zero-order valence-electron chi connectivity index (χ0n) is 11.3. The van der Waals surface area contributed by atoms with Crippen LogP contribution < -0.4 is 11.3 Å². The van der Waals surface area contributed by atoms with Crippen LogP contribution in [0.25, 0.3) is 0 Å². The number of benzene rings is 1. The Kier molecular flexibility index (Phi) is 5.54. The highest BCUT2D eigenvalue weighted by Gasteiger charge is 2.20. The van der Waals surface area contributed by atoms with E-state index < -0.39 is 0 Å². The summed E-state index contributed by atoms with van der Waals surface area (Å²) < 4.78 is 0.907. The fraction of sp³-hybridized carbons (Fsp3) is 0.500. The van der Waals surface area contributed by atoms with E-state index >= 15 is 0 Å². The van der Waals surface area contributed by atoms with Crippen molar-refractivity contribution in [1.29, 1.82) is 0 Å². The monoisotopic (exact) mass is 341 g/mol. The van der Waals surface area contributed by atoms with E-state index in [4.69, 9.17) is 5.84 Å². The molecule has 0 aliphatic carbocycles. The maximum absolute atomic E-state index is 11.5. The van der Waals surface area contributed by atoms with Gasteiger partial charge >= 0.3 is 0 Å². The second kappa shape index (κ2) is 7.17. The zero-order chi connectivity index (χ0) is 14.5. The number of likely N-dealkylation sites (tertiary alicyclic amines) is 1. The Morgan fingerprint density at radius 1 is 1.55 bits per heavy atom. The number of hydrogen-bond donors (Lipinski definition) is 3. The minimum Gasteiger partial charge on any atom is -0.396 e. The Labute approximate surface area is 127 Å². The van der Waals surface area contributed by atoms with E-state index in [1.165, 1.54) is 0 Å². The summed E-state index contributed by atoms with van der Waals surface area (Å²) in [5.41, 5.74) is 3.80. The summed E-state index contributed by atoms with van der Waals surface area (Å²) in [7, 11) is 0. The van der Waals surface area contributed by atoms with Crippen molar-refractivity contribution < 1.29 is 9.90 Å². The van der Waals surface area contributed by atoms with Gasteiger partial charge in [-0.1, -0.05) is 22.0 Å². The highest BCUT2D eigenvalue weighted by Crippen LogP contribution is 2.23. The molecule has 2 rings (SSSR count). The second-order valence-corrected chi connectivity index (χ2v) is 6.06. The van der Waals surface area contributed by atoms with Crippen molar-refractivity contribution in [2.75, 3.05) is 19.7 Å². The highest BCUT2D eigenvalue weighted by molar-refractivity contribution is 9.10. The van der Waals surface area contributed by atoms with E-state index in [1.807, 2.05) is 6.07 Å². The number of carbonyl (C=O) groups excluding carboxylic acids is 1. The van der Waals surface area contributed by atoms with Crippen molar-refractivity contribution in [3.63, 3.8) is 0 Å². The van der Waals surface area contributed by atoms with Gasteiger partial charge < -0.3 is 5.11 Å². The lowest BCUT2D eigenvalue weighted by molar-refractivity contribution is 0.0953. The van der Waals surface area contributed by atoms with Crippen LogP contribution in [0.15, 0.2) is 22.7 Å². The number of piperidine rings is 1. The molecule has 1 saturated heterocycles. The second-order valence-electron chi connectivity index (χ2n) is 5.21. The number of hydrazine groups is 1. The van der Waals surface area contributed by atoms with Crippen molar-refractivity contribution in [1.82, 2.24) is 10.3 Å². The molecule has 1 atom stereocenters. The Hall–Kier alpha value is -0.950.